The molecule has 1 aromatic carbocycles. The zero-order valence-corrected chi connectivity index (χ0v) is 6.60. The number of Topliss-reactive ketones (excluding diaryl/α,β-unsaturated/α-hetero) is 1. The molecule has 3 heteroatoms. The highest BCUT2D eigenvalue weighted by Crippen LogP contribution is 2.26. The molecule has 2 nitrogen and oxygen atoms in total. The largest absolute Gasteiger partial charge is 0.485 e. The molecular formula is C8H6O2S. The van der Waals surface area contributed by atoms with Crippen molar-refractivity contribution >= 4 is 18.4 Å². The van der Waals surface area contributed by atoms with Gasteiger partial charge in [-0.2, -0.15) is 0 Å². The van der Waals surface area contributed by atoms with Gasteiger partial charge in [-0.3, -0.25) is 4.79 Å². The van der Waals surface area contributed by atoms with E-state index in [0.717, 1.165) is 4.90 Å². The summed E-state index contributed by atoms with van der Waals surface area (Å²) >= 11 is 4.12. The van der Waals surface area contributed by atoms with Gasteiger partial charge in [-0.1, -0.05) is 0 Å². The van der Waals surface area contributed by atoms with E-state index in [1.165, 1.54) is 0 Å². The van der Waals surface area contributed by atoms with Crippen LogP contribution in [-0.4, -0.2) is 12.4 Å². The van der Waals surface area contributed by atoms with E-state index < -0.39 is 0 Å². The number of carbonyl (C=O) groups is 1. The predicted octanol–water partition coefficient (Wildman–Crippen LogP) is 1.55. The lowest BCUT2D eigenvalue weighted by Gasteiger charge is -1.95. The summed E-state index contributed by atoms with van der Waals surface area (Å²) in [5, 5.41) is 0. The summed E-state index contributed by atoms with van der Waals surface area (Å²) in [7, 11) is 0. The van der Waals surface area contributed by atoms with Gasteiger partial charge in [0.15, 0.2) is 6.61 Å². The highest BCUT2D eigenvalue weighted by atomic mass is 32.1. The zero-order chi connectivity index (χ0) is 7.84. The molecular weight excluding hydrogens is 160 g/mol. The Morgan fingerprint density at radius 3 is 3.09 bits per heavy atom. The Morgan fingerprint density at radius 2 is 2.27 bits per heavy atom. The van der Waals surface area contributed by atoms with E-state index in [2.05, 4.69) is 12.6 Å². The van der Waals surface area contributed by atoms with Crippen molar-refractivity contribution in [3.05, 3.63) is 23.8 Å². The van der Waals surface area contributed by atoms with Crippen LogP contribution in [0.2, 0.25) is 0 Å². The number of benzene rings is 1. The normalized spacial score (nSPS) is 14.5. The summed E-state index contributed by atoms with van der Waals surface area (Å²) in [4.78, 5) is 11.9. The molecule has 0 saturated carbocycles. The molecule has 1 aliphatic heterocycles. The molecule has 1 aliphatic rings. The van der Waals surface area contributed by atoms with Gasteiger partial charge in [0.2, 0.25) is 5.78 Å². The van der Waals surface area contributed by atoms with Crippen LogP contribution in [0, 0.1) is 0 Å². The van der Waals surface area contributed by atoms with Crippen molar-refractivity contribution in [1.82, 2.24) is 0 Å². The lowest BCUT2D eigenvalue weighted by atomic mass is 10.1. The highest BCUT2D eigenvalue weighted by Gasteiger charge is 2.20. The van der Waals surface area contributed by atoms with Gasteiger partial charge in [0.05, 0.1) is 5.56 Å². The smallest absolute Gasteiger partial charge is 0.203 e. The predicted molar refractivity (Wildman–Crippen MR) is 43.5 cm³/mol. The summed E-state index contributed by atoms with van der Waals surface area (Å²) in [5.74, 6) is 0.712. The fourth-order valence-electron chi connectivity index (χ4n) is 1.08. The van der Waals surface area contributed by atoms with Crippen LogP contribution < -0.4 is 4.74 Å². The Bertz CT molecular complexity index is 320. The minimum Gasteiger partial charge on any atom is -0.485 e. The number of fused-ring (bicyclic) bond motifs is 1. The second-order valence-corrected chi connectivity index (χ2v) is 2.91. The van der Waals surface area contributed by atoms with Gasteiger partial charge in [-0.25, -0.2) is 0 Å². The standard InChI is InChI=1S/C8H6O2S/c9-7-4-10-8-2-1-5(11)3-6(7)8/h1-3,11H,4H2. The number of ketones is 1. The molecule has 11 heavy (non-hydrogen) atoms. The van der Waals surface area contributed by atoms with E-state index >= 15 is 0 Å². The summed E-state index contributed by atoms with van der Waals surface area (Å²) in [6, 6.07) is 5.30. The van der Waals surface area contributed by atoms with Crippen molar-refractivity contribution in [3.8, 4) is 5.75 Å². The van der Waals surface area contributed by atoms with Crippen molar-refractivity contribution in [3.63, 3.8) is 0 Å². The Kier molecular flexibility index (Phi) is 1.39. The molecule has 0 atom stereocenters. The second kappa shape index (κ2) is 2.27. The molecule has 0 aromatic heterocycles. The fraction of sp³-hybridized carbons (Fsp3) is 0.125. The van der Waals surface area contributed by atoms with E-state index in [4.69, 9.17) is 4.74 Å². The van der Waals surface area contributed by atoms with Gasteiger partial charge in [-0.15, -0.1) is 12.6 Å². The topological polar surface area (TPSA) is 26.3 Å². The van der Waals surface area contributed by atoms with Crippen molar-refractivity contribution < 1.29 is 9.53 Å². The molecule has 0 amide bonds. The van der Waals surface area contributed by atoms with Crippen LogP contribution in [0.5, 0.6) is 5.75 Å². The molecule has 56 valence electrons. The van der Waals surface area contributed by atoms with Gasteiger partial charge < -0.3 is 4.74 Å². The zero-order valence-electron chi connectivity index (χ0n) is 5.70. The number of ether oxygens (including phenoxy) is 1. The van der Waals surface area contributed by atoms with Gasteiger partial charge in [0, 0.05) is 4.90 Å². The van der Waals surface area contributed by atoms with E-state index in [9.17, 15) is 4.79 Å². The van der Waals surface area contributed by atoms with Crippen LogP contribution in [0.3, 0.4) is 0 Å². The molecule has 0 fully saturated rings. The SMILES string of the molecule is O=C1COc2ccc(S)cc21. The monoisotopic (exact) mass is 166 g/mol. The van der Waals surface area contributed by atoms with E-state index in [1.807, 2.05) is 0 Å². The molecule has 0 unspecified atom stereocenters. The first kappa shape index (κ1) is 6.73. The molecule has 0 spiro atoms. The summed E-state index contributed by atoms with van der Waals surface area (Å²) < 4.78 is 5.08. The van der Waals surface area contributed by atoms with Crippen LogP contribution in [0.15, 0.2) is 23.1 Å². The molecule has 2 rings (SSSR count). The Morgan fingerprint density at radius 1 is 1.45 bits per heavy atom. The van der Waals surface area contributed by atoms with Gasteiger partial charge in [0.25, 0.3) is 0 Å². The second-order valence-electron chi connectivity index (χ2n) is 2.39. The van der Waals surface area contributed by atoms with Gasteiger partial charge in [-0.05, 0) is 18.2 Å². The van der Waals surface area contributed by atoms with Gasteiger partial charge in [0.1, 0.15) is 5.75 Å². The number of hydrogen-bond donors (Lipinski definition) is 1. The van der Waals surface area contributed by atoms with E-state index in [1.54, 1.807) is 18.2 Å². The first-order valence-electron chi connectivity index (χ1n) is 3.26. The molecule has 0 radical (unpaired) electrons. The maximum Gasteiger partial charge on any atom is 0.203 e. The van der Waals surface area contributed by atoms with Crippen molar-refractivity contribution in [2.75, 3.05) is 6.61 Å². The third-order valence-corrected chi connectivity index (χ3v) is 1.90. The highest BCUT2D eigenvalue weighted by molar-refractivity contribution is 7.80. The Balaban J connectivity index is 2.60. The van der Waals surface area contributed by atoms with Gasteiger partial charge >= 0.3 is 0 Å². The van der Waals surface area contributed by atoms with E-state index in [-0.39, 0.29) is 12.4 Å². The average Bonchev–Trinajstić information content (AvgIpc) is 2.33. The first-order valence-corrected chi connectivity index (χ1v) is 3.71. The molecule has 1 aromatic rings. The summed E-state index contributed by atoms with van der Waals surface area (Å²) in [6.45, 7) is 0.173. The Labute approximate surface area is 69.6 Å². The van der Waals surface area contributed by atoms with Crippen LogP contribution >= 0.6 is 12.6 Å². The first-order chi connectivity index (χ1) is 5.27. The maximum absolute atomic E-state index is 11.1. The molecule has 0 N–H and O–H groups in total. The number of carbonyl (C=O) groups excluding carboxylic acids is 1. The lowest BCUT2D eigenvalue weighted by molar-refractivity contribution is 0.0961. The minimum atomic E-state index is 0.0379. The molecule has 1 heterocycles. The van der Waals surface area contributed by atoms with Crippen LogP contribution in [0.4, 0.5) is 0 Å². The summed E-state index contributed by atoms with van der Waals surface area (Å²) in [5.41, 5.74) is 0.650. The summed E-state index contributed by atoms with van der Waals surface area (Å²) in [6.07, 6.45) is 0. The van der Waals surface area contributed by atoms with Crippen molar-refractivity contribution in [1.29, 1.82) is 0 Å². The third-order valence-electron chi connectivity index (χ3n) is 1.62. The van der Waals surface area contributed by atoms with E-state index in [0.29, 0.717) is 11.3 Å². The quantitative estimate of drug-likeness (QED) is 0.592. The van der Waals surface area contributed by atoms with Crippen LogP contribution in [-0.2, 0) is 0 Å². The maximum atomic E-state index is 11.1. The minimum absolute atomic E-state index is 0.0379. The van der Waals surface area contributed by atoms with Crippen molar-refractivity contribution in [2.24, 2.45) is 0 Å². The van der Waals surface area contributed by atoms with Crippen LogP contribution in [0.25, 0.3) is 0 Å². The molecule has 0 aliphatic carbocycles. The van der Waals surface area contributed by atoms with Crippen LogP contribution in [0.1, 0.15) is 10.4 Å². The number of hydrogen-bond acceptors (Lipinski definition) is 3. The number of thiol groups is 1. The van der Waals surface area contributed by atoms with Crippen molar-refractivity contribution in [2.45, 2.75) is 4.90 Å². The molecule has 0 bridgehead atoms. The third kappa shape index (κ3) is 1.01. The lowest BCUT2D eigenvalue weighted by Crippen LogP contribution is -1.98. The fourth-order valence-corrected chi connectivity index (χ4v) is 1.29. The molecule has 0 saturated heterocycles. The Hall–Kier alpha value is -0.960. The average molecular weight is 166 g/mol. The number of rotatable bonds is 0.